The number of aromatic carboxylic acids is 1. The molecule has 0 spiro atoms. The summed E-state index contributed by atoms with van der Waals surface area (Å²) in [6, 6.07) is 11.3. The predicted octanol–water partition coefficient (Wildman–Crippen LogP) is 3.19. The van der Waals surface area contributed by atoms with Gasteiger partial charge in [0.1, 0.15) is 0 Å². The lowest BCUT2D eigenvalue weighted by atomic mass is 10.1. The maximum absolute atomic E-state index is 10.6. The van der Waals surface area contributed by atoms with E-state index < -0.39 is 5.97 Å². The molecule has 0 aliphatic heterocycles. The zero-order valence-electron chi connectivity index (χ0n) is 11.1. The molecule has 0 atom stereocenters. The average Bonchev–Trinajstić information content (AvgIpc) is 2.48. The zero-order valence-corrected chi connectivity index (χ0v) is 12.6. The van der Waals surface area contributed by atoms with Crippen molar-refractivity contribution in [1.82, 2.24) is 0 Å². The SMILES string of the molecule is C/C(=N/Nc1ccc(C(=O)[O-])cc1)c1ccc(Cl)c(Cl)c1. The third-order valence-electron chi connectivity index (χ3n) is 2.81. The molecular weight excluding hydrogens is 311 g/mol. The summed E-state index contributed by atoms with van der Waals surface area (Å²) in [5.74, 6) is -1.21. The minimum Gasteiger partial charge on any atom is -0.545 e. The van der Waals surface area contributed by atoms with Gasteiger partial charge in [-0.2, -0.15) is 5.10 Å². The van der Waals surface area contributed by atoms with Crippen LogP contribution in [0.25, 0.3) is 0 Å². The quantitative estimate of drug-likeness (QED) is 0.694. The highest BCUT2D eigenvalue weighted by Gasteiger charge is 2.02. The van der Waals surface area contributed by atoms with Gasteiger partial charge in [-0.25, -0.2) is 0 Å². The lowest BCUT2D eigenvalue weighted by Crippen LogP contribution is -2.21. The maximum atomic E-state index is 10.6. The molecule has 1 N–H and O–H groups in total. The summed E-state index contributed by atoms with van der Waals surface area (Å²) in [6.07, 6.45) is 0. The van der Waals surface area contributed by atoms with Crippen LogP contribution in [-0.2, 0) is 0 Å². The van der Waals surface area contributed by atoms with Crippen molar-refractivity contribution in [2.24, 2.45) is 5.10 Å². The number of nitrogens with zero attached hydrogens (tertiary/aromatic N) is 1. The topological polar surface area (TPSA) is 64.5 Å². The Hall–Kier alpha value is -2.04. The standard InChI is InChI=1S/C15H12Cl2N2O2/c1-9(11-4-7-13(16)14(17)8-11)18-19-12-5-2-10(3-6-12)15(20)21/h2-8,19H,1H3,(H,20,21)/p-1/b18-9-. The van der Waals surface area contributed by atoms with E-state index in [4.69, 9.17) is 23.2 Å². The van der Waals surface area contributed by atoms with Crippen LogP contribution in [0.1, 0.15) is 22.8 Å². The molecule has 0 amide bonds. The molecule has 0 bridgehead atoms. The van der Waals surface area contributed by atoms with Gasteiger partial charge in [-0.1, -0.05) is 41.4 Å². The fourth-order valence-electron chi connectivity index (χ4n) is 1.61. The van der Waals surface area contributed by atoms with E-state index in [9.17, 15) is 9.90 Å². The number of halogens is 2. The molecule has 0 aromatic heterocycles. The molecule has 2 aromatic rings. The van der Waals surface area contributed by atoms with Crippen molar-refractivity contribution in [2.45, 2.75) is 6.92 Å². The summed E-state index contributed by atoms with van der Waals surface area (Å²) in [4.78, 5) is 10.6. The first-order valence-electron chi connectivity index (χ1n) is 6.04. The fourth-order valence-corrected chi connectivity index (χ4v) is 1.91. The van der Waals surface area contributed by atoms with E-state index in [1.165, 1.54) is 12.1 Å². The normalized spacial score (nSPS) is 11.3. The van der Waals surface area contributed by atoms with E-state index in [-0.39, 0.29) is 5.56 Å². The number of carbonyl (C=O) groups is 1. The lowest BCUT2D eigenvalue weighted by Gasteiger charge is -2.06. The van der Waals surface area contributed by atoms with Crippen LogP contribution in [0, 0.1) is 0 Å². The number of nitrogens with one attached hydrogen (secondary N) is 1. The van der Waals surface area contributed by atoms with Crippen LogP contribution in [0.3, 0.4) is 0 Å². The van der Waals surface area contributed by atoms with E-state index in [0.29, 0.717) is 15.7 Å². The molecule has 0 aliphatic carbocycles. The molecule has 0 unspecified atom stereocenters. The molecule has 0 aliphatic rings. The summed E-state index contributed by atoms with van der Waals surface area (Å²) >= 11 is 11.8. The van der Waals surface area contributed by atoms with Gasteiger partial charge in [0.2, 0.25) is 0 Å². The number of hydrazone groups is 1. The first-order chi connectivity index (χ1) is 9.97. The van der Waals surface area contributed by atoms with E-state index >= 15 is 0 Å². The van der Waals surface area contributed by atoms with Gasteiger partial charge in [0.25, 0.3) is 0 Å². The Kier molecular flexibility index (Phi) is 4.83. The van der Waals surface area contributed by atoms with E-state index in [0.717, 1.165) is 11.3 Å². The average molecular weight is 322 g/mol. The number of benzene rings is 2. The summed E-state index contributed by atoms with van der Waals surface area (Å²) in [6.45, 7) is 1.82. The molecule has 0 saturated carbocycles. The van der Waals surface area contributed by atoms with Crippen molar-refractivity contribution in [2.75, 3.05) is 5.43 Å². The molecule has 21 heavy (non-hydrogen) atoms. The molecule has 0 heterocycles. The highest BCUT2D eigenvalue weighted by molar-refractivity contribution is 6.42. The lowest BCUT2D eigenvalue weighted by molar-refractivity contribution is -0.255. The number of anilines is 1. The third-order valence-corrected chi connectivity index (χ3v) is 3.55. The molecule has 2 aromatic carbocycles. The van der Waals surface area contributed by atoms with Crippen molar-refractivity contribution >= 4 is 40.6 Å². The Labute approximate surface area is 132 Å². The molecule has 0 radical (unpaired) electrons. The largest absolute Gasteiger partial charge is 0.545 e. The third kappa shape index (κ3) is 3.97. The van der Waals surface area contributed by atoms with Gasteiger partial charge < -0.3 is 9.90 Å². The summed E-state index contributed by atoms with van der Waals surface area (Å²) < 4.78 is 0. The second-order valence-electron chi connectivity index (χ2n) is 4.30. The Morgan fingerprint density at radius 3 is 2.24 bits per heavy atom. The number of rotatable bonds is 4. The van der Waals surface area contributed by atoms with Gasteiger partial charge >= 0.3 is 0 Å². The van der Waals surface area contributed by atoms with E-state index in [1.807, 2.05) is 13.0 Å². The minimum absolute atomic E-state index is 0.116. The van der Waals surface area contributed by atoms with Crippen molar-refractivity contribution in [3.8, 4) is 0 Å². The first-order valence-corrected chi connectivity index (χ1v) is 6.80. The molecule has 2 rings (SSSR count). The Balaban J connectivity index is 2.12. The van der Waals surface area contributed by atoms with E-state index in [1.54, 1.807) is 24.3 Å². The van der Waals surface area contributed by atoms with Crippen molar-refractivity contribution in [3.05, 3.63) is 63.6 Å². The number of carbonyl (C=O) groups excluding carboxylic acids is 1. The maximum Gasteiger partial charge on any atom is 0.0715 e. The van der Waals surface area contributed by atoms with Crippen LogP contribution in [0.4, 0.5) is 5.69 Å². The van der Waals surface area contributed by atoms with Crippen LogP contribution in [0.2, 0.25) is 10.0 Å². The van der Waals surface area contributed by atoms with Crippen molar-refractivity contribution in [1.29, 1.82) is 0 Å². The van der Waals surface area contributed by atoms with Gasteiger partial charge in [0.15, 0.2) is 0 Å². The molecule has 0 fully saturated rings. The molecule has 4 nitrogen and oxygen atoms in total. The highest BCUT2D eigenvalue weighted by Crippen LogP contribution is 2.23. The predicted molar refractivity (Wildman–Crippen MR) is 83.1 cm³/mol. The monoisotopic (exact) mass is 321 g/mol. The van der Waals surface area contributed by atoms with Crippen LogP contribution in [0.15, 0.2) is 47.6 Å². The summed E-state index contributed by atoms with van der Waals surface area (Å²) in [5, 5.41) is 15.8. The fraction of sp³-hybridized carbons (Fsp3) is 0.0667. The second kappa shape index (κ2) is 6.61. The van der Waals surface area contributed by atoms with Crippen LogP contribution >= 0.6 is 23.2 Å². The number of hydrogen-bond donors (Lipinski definition) is 1. The second-order valence-corrected chi connectivity index (χ2v) is 5.12. The van der Waals surface area contributed by atoms with Crippen LogP contribution in [0.5, 0.6) is 0 Å². The van der Waals surface area contributed by atoms with E-state index in [2.05, 4.69) is 10.5 Å². The van der Waals surface area contributed by atoms with Crippen LogP contribution < -0.4 is 10.5 Å². The van der Waals surface area contributed by atoms with Crippen LogP contribution in [-0.4, -0.2) is 11.7 Å². The Morgan fingerprint density at radius 2 is 1.67 bits per heavy atom. The summed E-state index contributed by atoms with van der Waals surface area (Å²) in [7, 11) is 0. The molecule has 0 saturated heterocycles. The van der Waals surface area contributed by atoms with Gasteiger partial charge in [0, 0.05) is 0 Å². The number of carboxylic acids is 1. The van der Waals surface area contributed by atoms with Gasteiger partial charge in [0.05, 0.1) is 27.4 Å². The van der Waals surface area contributed by atoms with Gasteiger partial charge in [-0.05, 0) is 42.3 Å². The van der Waals surface area contributed by atoms with Gasteiger partial charge in [-0.3, -0.25) is 5.43 Å². The van der Waals surface area contributed by atoms with Crippen molar-refractivity contribution in [3.63, 3.8) is 0 Å². The van der Waals surface area contributed by atoms with Crippen molar-refractivity contribution < 1.29 is 9.90 Å². The summed E-state index contributed by atoms with van der Waals surface area (Å²) in [5.41, 5.74) is 5.18. The smallest absolute Gasteiger partial charge is 0.0715 e. The highest BCUT2D eigenvalue weighted by atomic mass is 35.5. The molecular formula is C15H11Cl2N2O2-. The molecule has 6 heteroatoms. The first kappa shape index (κ1) is 15.4. The number of carboxylic acid groups (broad SMARTS) is 1. The Bertz CT molecular complexity index is 697. The zero-order chi connectivity index (χ0) is 15.4. The minimum atomic E-state index is -1.21. The Morgan fingerprint density at radius 1 is 1.05 bits per heavy atom. The van der Waals surface area contributed by atoms with Gasteiger partial charge in [-0.15, -0.1) is 0 Å². The molecule has 108 valence electrons. The number of hydrogen-bond acceptors (Lipinski definition) is 4.